The van der Waals surface area contributed by atoms with Crippen molar-refractivity contribution in [3.05, 3.63) is 11.7 Å². The summed E-state index contributed by atoms with van der Waals surface area (Å²) < 4.78 is 9.75. The molecule has 1 aromatic heterocycles. The third-order valence-corrected chi connectivity index (χ3v) is 3.30. The van der Waals surface area contributed by atoms with Crippen molar-refractivity contribution < 1.29 is 14.1 Å². The zero-order valence-corrected chi connectivity index (χ0v) is 10.7. The third-order valence-electron chi connectivity index (χ3n) is 2.09. The Kier molecular flexibility index (Phi) is 4.79. The minimum absolute atomic E-state index is 0.0121. The van der Waals surface area contributed by atoms with Crippen molar-refractivity contribution in [1.82, 2.24) is 10.1 Å². The quantitative estimate of drug-likeness (QED) is 0.738. The van der Waals surface area contributed by atoms with Crippen molar-refractivity contribution in [2.45, 2.75) is 37.7 Å². The molecule has 6 heteroatoms. The van der Waals surface area contributed by atoms with Gasteiger partial charge in [0.2, 0.25) is 5.89 Å². The molecule has 0 aliphatic rings. The van der Waals surface area contributed by atoms with Crippen LogP contribution in [0.4, 0.5) is 0 Å². The molecule has 1 rings (SSSR count). The lowest BCUT2D eigenvalue weighted by Gasteiger charge is -2.11. The van der Waals surface area contributed by atoms with Crippen molar-refractivity contribution in [2.75, 3.05) is 7.11 Å². The van der Waals surface area contributed by atoms with E-state index in [9.17, 15) is 4.79 Å². The number of aromatic nitrogens is 2. The normalized spacial score (nSPS) is 14.5. The highest BCUT2D eigenvalue weighted by Crippen LogP contribution is 2.30. The number of aryl methyl sites for hydroxylation is 1. The fraction of sp³-hybridized carbons (Fsp3) is 0.700. The number of hydrogen-bond donors (Lipinski definition) is 0. The molecule has 16 heavy (non-hydrogen) atoms. The van der Waals surface area contributed by atoms with Crippen LogP contribution in [-0.4, -0.2) is 28.5 Å². The van der Waals surface area contributed by atoms with Crippen LogP contribution in [0.2, 0.25) is 0 Å². The first-order valence-corrected chi connectivity index (χ1v) is 6.08. The number of nitrogens with zero attached hydrogens (tertiary/aromatic N) is 2. The second-order valence-corrected chi connectivity index (χ2v) is 5.03. The zero-order valence-electron chi connectivity index (χ0n) is 9.89. The predicted molar refractivity (Wildman–Crippen MR) is 61.2 cm³/mol. The van der Waals surface area contributed by atoms with Gasteiger partial charge < -0.3 is 9.26 Å². The van der Waals surface area contributed by atoms with Crippen molar-refractivity contribution in [3.63, 3.8) is 0 Å². The van der Waals surface area contributed by atoms with E-state index in [0.717, 1.165) is 6.42 Å². The smallest absolute Gasteiger partial charge is 0.318 e. The molecule has 0 aromatic carbocycles. The largest absolute Gasteiger partial charge is 0.468 e. The molecule has 0 saturated heterocycles. The Hall–Kier alpha value is -1.04. The van der Waals surface area contributed by atoms with Crippen molar-refractivity contribution in [1.29, 1.82) is 0 Å². The fourth-order valence-corrected chi connectivity index (χ4v) is 2.19. The number of carbonyl (C=O) groups excluding carboxylic acids is 1. The highest BCUT2D eigenvalue weighted by Gasteiger charge is 2.21. The Balaban J connectivity index is 2.57. The van der Waals surface area contributed by atoms with Crippen LogP contribution in [-0.2, 0) is 16.0 Å². The summed E-state index contributed by atoms with van der Waals surface area (Å²) in [6.45, 7) is 5.69. The maximum absolute atomic E-state index is 11.2. The number of ether oxygens (including phenoxy) is 1. The maximum atomic E-state index is 11.2. The van der Waals surface area contributed by atoms with Gasteiger partial charge in [0.15, 0.2) is 5.82 Å². The number of thioether (sulfide) groups is 1. The van der Waals surface area contributed by atoms with E-state index < -0.39 is 0 Å². The van der Waals surface area contributed by atoms with Gasteiger partial charge in [-0.3, -0.25) is 4.79 Å². The van der Waals surface area contributed by atoms with Crippen LogP contribution in [0.15, 0.2) is 4.52 Å². The summed E-state index contributed by atoms with van der Waals surface area (Å²) in [5, 5.41) is 3.56. The second kappa shape index (κ2) is 5.89. The molecular weight excluding hydrogens is 228 g/mol. The molecule has 0 bridgehead atoms. The molecule has 0 radical (unpaired) electrons. The van der Waals surface area contributed by atoms with Gasteiger partial charge in [0, 0.05) is 6.42 Å². The predicted octanol–water partition coefficient (Wildman–Crippen LogP) is 1.99. The Morgan fingerprint density at radius 1 is 1.56 bits per heavy atom. The molecule has 0 unspecified atom stereocenters. The molecule has 0 amide bonds. The average molecular weight is 244 g/mol. The molecule has 0 spiro atoms. The molecule has 1 heterocycles. The number of rotatable bonds is 5. The van der Waals surface area contributed by atoms with Gasteiger partial charge in [0.25, 0.3) is 0 Å². The molecule has 0 N–H and O–H groups in total. The lowest BCUT2D eigenvalue weighted by molar-refractivity contribution is -0.139. The monoisotopic (exact) mass is 244 g/mol. The number of carbonyl (C=O) groups is 1. The SMILES string of the molecule is CCc1noc([C@@H](C)S[C@H](C)C(=O)OC)n1. The minimum atomic E-state index is -0.243. The number of esters is 1. The second-order valence-electron chi connectivity index (χ2n) is 3.35. The molecule has 5 nitrogen and oxygen atoms in total. The Labute approximate surface area is 98.9 Å². The summed E-state index contributed by atoms with van der Waals surface area (Å²) >= 11 is 1.44. The Morgan fingerprint density at radius 3 is 2.75 bits per heavy atom. The number of hydrogen-bond acceptors (Lipinski definition) is 6. The van der Waals surface area contributed by atoms with E-state index in [1.165, 1.54) is 18.9 Å². The highest BCUT2D eigenvalue weighted by molar-refractivity contribution is 8.00. The number of methoxy groups -OCH3 is 1. The first-order valence-electron chi connectivity index (χ1n) is 5.14. The van der Waals surface area contributed by atoms with E-state index in [0.29, 0.717) is 11.7 Å². The minimum Gasteiger partial charge on any atom is -0.468 e. The molecule has 0 saturated carbocycles. The lowest BCUT2D eigenvalue weighted by atomic mass is 10.4. The van der Waals surface area contributed by atoms with E-state index >= 15 is 0 Å². The highest BCUT2D eigenvalue weighted by atomic mass is 32.2. The van der Waals surface area contributed by atoms with Gasteiger partial charge in [0.1, 0.15) is 5.25 Å². The van der Waals surface area contributed by atoms with Crippen LogP contribution in [0.25, 0.3) is 0 Å². The zero-order chi connectivity index (χ0) is 12.1. The van der Waals surface area contributed by atoms with Crippen LogP contribution in [0.1, 0.15) is 37.7 Å². The molecule has 0 fully saturated rings. The van der Waals surface area contributed by atoms with Crippen LogP contribution in [0, 0.1) is 0 Å². The summed E-state index contributed by atoms with van der Waals surface area (Å²) in [6, 6.07) is 0. The van der Waals surface area contributed by atoms with Gasteiger partial charge in [0.05, 0.1) is 12.4 Å². The van der Waals surface area contributed by atoms with Crippen LogP contribution >= 0.6 is 11.8 Å². The van der Waals surface area contributed by atoms with Gasteiger partial charge >= 0.3 is 5.97 Å². The topological polar surface area (TPSA) is 65.2 Å². The van der Waals surface area contributed by atoms with Crippen molar-refractivity contribution in [2.24, 2.45) is 0 Å². The summed E-state index contributed by atoms with van der Waals surface area (Å²) in [4.78, 5) is 15.4. The summed E-state index contributed by atoms with van der Waals surface area (Å²) in [5.41, 5.74) is 0. The Morgan fingerprint density at radius 2 is 2.25 bits per heavy atom. The molecular formula is C10H16N2O3S. The first-order chi connectivity index (χ1) is 7.58. The third kappa shape index (κ3) is 3.23. The van der Waals surface area contributed by atoms with Crippen LogP contribution in [0.5, 0.6) is 0 Å². The average Bonchev–Trinajstić information content (AvgIpc) is 2.76. The molecule has 2 atom stereocenters. The first kappa shape index (κ1) is 13.0. The van der Waals surface area contributed by atoms with Gasteiger partial charge in [-0.1, -0.05) is 12.1 Å². The van der Waals surface area contributed by atoms with E-state index in [2.05, 4.69) is 14.9 Å². The summed E-state index contributed by atoms with van der Waals surface area (Å²) in [7, 11) is 1.38. The summed E-state index contributed by atoms with van der Waals surface area (Å²) in [6.07, 6.45) is 0.743. The van der Waals surface area contributed by atoms with E-state index in [1.54, 1.807) is 6.92 Å². The van der Waals surface area contributed by atoms with Gasteiger partial charge in [-0.05, 0) is 13.8 Å². The molecule has 0 aliphatic heterocycles. The summed E-state index contributed by atoms with van der Waals surface area (Å²) in [5.74, 6) is 0.998. The maximum Gasteiger partial charge on any atom is 0.318 e. The van der Waals surface area contributed by atoms with Gasteiger partial charge in [-0.2, -0.15) is 4.98 Å². The van der Waals surface area contributed by atoms with Crippen molar-refractivity contribution in [3.8, 4) is 0 Å². The van der Waals surface area contributed by atoms with Gasteiger partial charge in [-0.15, -0.1) is 11.8 Å². The molecule has 0 aliphatic carbocycles. The van der Waals surface area contributed by atoms with Gasteiger partial charge in [-0.25, -0.2) is 0 Å². The lowest BCUT2D eigenvalue weighted by Crippen LogP contribution is -2.15. The van der Waals surface area contributed by atoms with Crippen molar-refractivity contribution >= 4 is 17.7 Å². The van der Waals surface area contributed by atoms with Crippen LogP contribution < -0.4 is 0 Å². The van der Waals surface area contributed by atoms with Crippen LogP contribution in [0.3, 0.4) is 0 Å². The molecule has 1 aromatic rings. The molecule has 90 valence electrons. The standard InChI is InChI=1S/C10H16N2O3S/c1-5-8-11-9(15-12-8)6(2)16-7(3)10(13)14-4/h6-7H,5H2,1-4H3/t6-,7-/m1/s1. The van der Waals surface area contributed by atoms with E-state index in [1.807, 2.05) is 13.8 Å². The Bertz CT molecular complexity index is 354. The van der Waals surface area contributed by atoms with E-state index in [-0.39, 0.29) is 16.5 Å². The van der Waals surface area contributed by atoms with E-state index in [4.69, 9.17) is 4.52 Å². The fourth-order valence-electron chi connectivity index (χ4n) is 1.16.